The number of furan rings is 1. The van der Waals surface area contributed by atoms with Crippen LogP contribution in [0.3, 0.4) is 0 Å². The van der Waals surface area contributed by atoms with Crippen LogP contribution in [0.4, 0.5) is 0 Å². The number of rotatable bonds is 6. The van der Waals surface area contributed by atoms with Gasteiger partial charge < -0.3 is 9.15 Å². The predicted molar refractivity (Wildman–Crippen MR) is 77.8 cm³/mol. The minimum Gasteiger partial charge on any atom is -0.492 e. The lowest BCUT2D eigenvalue weighted by Gasteiger charge is -2.10. The van der Waals surface area contributed by atoms with E-state index >= 15 is 0 Å². The molecule has 20 heavy (non-hydrogen) atoms. The van der Waals surface area contributed by atoms with Gasteiger partial charge in [-0.25, -0.2) is 5.84 Å². The van der Waals surface area contributed by atoms with Crippen molar-refractivity contribution < 1.29 is 13.9 Å². The first-order chi connectivity index (χ1) is 9.72. The Morgan fingerprint density at radius 3 is 2.90 bits per heavy atom. The lowest BCUT2D eigenvalue weighted by atomic mass is 10.2. The number of carbonyl (C=O) groups excluding carboxylic acids is 1. The fourth-order valence-corrected chi connectivity index (χ4v) is 2.47. The van der Waals surface area contributed by atoms with Crippen molar-refractivity contribution >= 4 is 17.7 Å². The number of carbonyl (C=O) groups is 1. The van der Waals surface area contributed by atoms with Gasteiger partial charge in [-0.2, -0.15) is 0 Å². The van der Waals surface area contributed by atoms with E-state index in [0.717, 1.165) is 16.4 Å². The van der Waals surface area contributed by atoms with Crippen molar-refractivity contribution in [2.75, 3.05) is 12.4 Å². The lowest BCUT2D eigenvalue weighted by molar-refractivity contribution is 0.0950. The summed E-state index contributed by atoms with van der Waals surface area (Å²) in [6.07, 6.45) is 1.67. The molecular formula is C14H16N2O3S. The van der Waals surface area contributed by atoms with Gasteiger partial charge in [0.2, 0.25) is 0 Å². The molecule has 0 atom stereocenters. The van der Waals surface area contributed by atoms with E-state index in [9.17, 15) is 4.79 Å². The Labute approximate surface area is 121 Å². The zero-order valence-electron chi connectivity index (χ0n) is 11.1. The highest BCUT2D eigenvalue weighted by molar-refractivity contribution is 7.99. The summed E-state index contributed by atoms with van der Waals surface area (Å²) in [5.74, 6) is 6.97. The molecule has 0 saturated heterocycles. The van der Waals surface area contributed by atoms with E-state index in [4.69, 9.17) is 15.0 Å². The minimum atomic E-state index is -0.362. The number of hydrogen-bond donors (Lipinski definition) is 2. The first kappa shape index (κ1) is 14.5. The normalized spacial score (nSPS) is 10.3. The number of benzene rings is 1. The second-order valence-electron chi connectivity index (χ2n) is 4.01. The minimum absolute atomic E-state index is 0.362. The van der Waals surface area contributed by atoms with E-state index in [-0.39, 0.29) is 5.91 Å². The van der Waals surface area contributed by atoms with Crippen molar-refractivity contribution in [2.24, 2.45) is 5.84 Å². The Morgan fingerprint density at radius 2 is 2.20 bits per heavy atom. The van der Waals surface area contributed by atoms with Crippen LogP contribution in [0, 0.1) is 6.92 Å². The Morgan fingerprint density at radius 1 is 1.40 bits per heavy atom. The number of hydrazine groups is 1. The molecule has 0 bridgehead atoms. The van der Waals surface area contributed by atoms with E-state index in [1.165, 1.54) is 0 Å². The molecule has 106 valence electrons. The number of nitrogens with one attached hydrogen (secondary N) is 1. The molecule has 0 aliphatic heterocycles. The number of thioether (sulfide) groups is 1. The standard InChI is InChI=1S/C14H16N2O3S/c1-10-13(6-7-18-10)20-9-8-19-12-5-3-2-4-11(12)14(17)16-15/h2-7H,8-9,15H2,1H3,(H,16,17). The van der Waals surface area contributed by atoms with Crippen molar-refractivity contribution in [3.8, 4) is 5.75 Å². The molecule has 1 aromatic heterocycles. The number of nitrogens with two attached hydrogens (primary N) is 1. The van der Waals surface area contributed by atoms with Gasteiger partial charge in [-0.3, -0.25) is 10.2 Å². The van der Waals surface area contributed by atoms with Crippen LogP contribution in [0.5, 0.6) is 5.75 Å². The number of para-hydroxylation sites is 1. The maximum atomic E-state index is 11.6. The average Bonchev–Trinajstić information content (AvgIpc) is 2.88. The van der Waals surface area contributed by atoms with Crippen LogP contribution in [0.25, 0.3) is 0 Å². The van der Waals surface area contributed by atoms with Crippen LogP contribution >= 0.6 is 11.8 Å². The molecule has 2 rings (SSSR count). The molecule has 3 N–H and O–H groups in total. The van der Waals surface area contributed by atoms with E-state index in [1.54, 1.807) is 36.2 Å². The fourth-order valence-electron chi connectivity index (χ4n) is 1.68. The van der Waals surface area contributed by atoms with E-state index in [2.05, 4.69) is 5.43 Å². The van der Waals surface area contributed by atoms with Crippen LogP contribution < -0.4 is 16.0 Å². The SMILES string of the molecule is Cc1occc1SCCOc1ccccc1C(=O)NN. The van der Waals surface area contributed by atoms with Gasteiger partial charge in [0.15, 0.2) is 0 Å². The van der Waals surface area contributed by atoms with Gasteiger partial charge in [-0.05, 0) is 25.1 Å². The van der Waals surface area contributed by atoms with Crippen molar-refractivity contribution in [3.63, 3.8) is 0 Å². The summed E-state index contributed by atoms with van der Waals surface area (Å²) in [7, 11) is 0. The summed E-state index contributed by atoms with van der Waals surface area (Å²) in [5, 5.41) is 0. The summed E-state index contributed by atoms with van der Waals surface area (Å²) >= 11 is 1.65. The Balaban J connectivity index is 1.88. The molecule has 5 nitrogen and oxygen atoms in total. The summed E-state index contributed by atoms with van der Waals surface area (Å²) in [4.78, 5) is 12.7. The highest BCUT2D eigenvalue weighted by Gasteiger charge is 2.10. The molecule has 0 unspecified atom stereocenters. The first-order valence-corrected chi connectivity index (χ1v) is 7.10. The van der Waals surface area contributed by atoms with Crippen LogP contribution in [-0.2, 0) is 0 Å². The summed E-state index contributed by atoms with van der Waals surface area (Å²) in [5.41, 5.74) is 2.54. The smallest absolute Gasteiger partial charge is 0.268 e. The van der Waals surface area contributed by atoms with Crippen LogP contribution in [0.1, 0.15) is 16.1 Å². The Bertz CT molecular complexity index is 583. The third-order valence-corrected chi connectivity index (χ3v) is 3.78. The largest absolute Gasteiger partial charge is 0.492 e. The molecule has 0 aliphatic carbocycles. The molecule has 1 aromatic carbocycles. The summed E-state index contributed by atoms with van der Waals surface area (Å²) in [6, 6.07) is 8.93. The molecule has 0 fully saturated rings. The topological polar surface area (TPSA) is 77.5 Å². The second-order valence-corrected chi connectivity index (χ2v) is 5.14. The zero-order chi connectivity index (χ0) is 14.4. The monoisotopic (exact) mass is 292 g/mol. The lowest BCUT2D eigenvalue weighted by Crippen LogP contribution is -2.30. The third kappa shape index (κ3) is 3.55. The first-order valence-electron chi connectivity index (χ1n) is 6.12. The van der Waals surface area contributed by atoms with E-state index < -0.39 is 0 Å². The molecule has 0 spiro atoms. The van der Waals surface area contributed by atoms with Crippen molar-refractivity contribution in [3.05, 3.63) is 47.9 Å². The van der Waals surface area contributed by atoms with Crippen LogP contribution in [0.15, 0.2) is 45.9 Å². The van der Waals surface area contributed by atoms with Gasteiger partial charge in [0.1, 0.15) is 11.5 Å². The Hall–Kier alpha value is -1.92. The number of ether oxygens (including phenoxy) is 1. The molecule has 2 aromatic rings. The maximum Gasteiger partial charge on any atom is 0.268 e. The number of hydrogen-bond acceptors (Lipinski definition) is 5. The van der Waals surface area contributed by atoms with Crippen LogP contribution in [-0.4, -0.2) is 18.3 Å². The maximum absolute atomic E-state index is 11.6. The van der Waals surface area contributed by atoms with Crippen LogP contribution in [0.2, 0.25) is 0 Å². The highest BCUT2D eigenvalue weighted by Crippen LogP contribution is 2.23. The summed E-state index contributed by atoms with van der Waals surface area (Å²) in [6.45, 7) is 2.41. The summed E-state index contributed by atoms with van der Waals surface area (Å²) < 4.78 is 10.8. The van der Waals surface area contributed by atoms with Crippen molar-refractivity contribution in [2.45, 2.75) is 11.8 Å². The van der Waals surface area contributed by atoms with Gasteiger partial charge in [0, 0.05) is 10.6 Å². The zero-order valence-corrected chi connectivity index (χ0v) is 11.9. The van der Waals surface area contributed by atoms with Gasteiger partial charge >= 0.3 is 0 Å². The van der Waals surface area contributed by atoms with Gasteiger partial charge in [0.25, 0.3) is 5.91 Å². The van der Waals surface area contributed by atoms with Crippen molar-refractivity contribution in [1.29, 1.82) is 0 Å². The van der Waals surface area contributed by atoms with Gasteiger partial charge in [-0.1, -0.05) is 12.1 Å². The number of amides is 1. The molecule has 0 radical (unpaired) electrons. The third-order valence-electron chi connectivity index (χ3n) is 2.67. The van der Waals surface area contributed by atoms with Crippen molar-refractivity contribution in [1.82, 2.24) is 5.43 Å². The fraction of sp³-hybridized carbons (Fsp3) is 0.214. The molecule has 1 amide bonds. The second kappa shape index (κ2) is 7.02. The average molecular weight is 292 g/mol. The molecule has 0 aliphatic rings. The highest BCUT2D eigenvalue weighted by atomic mass is 32.2. The van der Waals surface area contributed by atoms with Gasteiger partial charge in [0.05, 0.1) is 18.4 Å². The number of nitrogen functional groups attached to an aromatic ring is 1. The Kier molecular flexibility index (Phi) is 5.09. The van der Waals surface area contributed by atoms with Gasteiger partial charge in [-0.15, -0.1) is 11.8 Å². The molecule has 1 heterocycles. The molecular weight excluding hydrogens is 276 g/mol. The number of aryl methyl sites for hydroxylation is 1. The molecule has 0 saturated carbocycles. The predicted octanol–water partition coefficient (Wildman–Crippen LogP) is 2.36. The quantitative estimate of drug-likeness (QED) is 0.281. The molecule has 6 heteroatoms. The van der Waals surface area contributed by atoms with E-state index in [0.29, 0.717) is 17.9 Å². The van der Waals surface area contributed by atoms with E-state index in [1.807, 2.05) is 19.1 Å².